The minimum Gasteiger partial charge on any atom is -0.368 e. The number of nitrogens with one attached hydrogen (secondary N) is 1. The number of aryl methyl sites for hydroxylation is 1. The van der Waals surface area contributed by atoms with Gasteiger partial charge in [-0.3, -0.25) is 9.78 Å². The molecule has 0 bridgehead atoms. The summed E-state index contributed by atoms with van der Waals surface area (Å²) in [7, 11) is 0. The third kappa shape index (κ3) is 4.17. The third-order valence-corrected chi connectivity index (χ3v) is 6.32. The average molecular weight is 447 g/mol. The minimum absolute atomic E-state index is 0.0212. The highest BCUT2D eigenvalue weighted by Crippen LogP contribution is 2.26. The summed E-state index contributed by atoms with van der Waals surface area (Å²) >= 11 is 1.51. The Labute approximate surface area is 189 Å². The molecule has 5 rings (SSSR count). The number of morpholine rings is 1. The van der Waals surface area contributed by atoms with Crippen LogP contribution in [0.15, 0.2) is 54.7 Å². The van der Waals surface area contributed by atoms with Crippen molar-refractivity contribution < 1.29 is 9.53 Å². The first-order valence-electron chi connectivity index (χ1n) is 10.5. The zero-order valence-electron chi connectivity index (χ0n) is 17.6. The number of nitrogens with zero attached hydrogens (tertiary/aromatic N) is 5. The molecule has 1 amide bonds. The first kappa shape index (κ1) is 20.5. The number of ether oxygens (including phenoxy) is 1. The number of pyridine rings is 2. The largest absolute Gasteiger partial charge is 0.368 e. The number of hydrogen-bond donors (Lipinski definition) is 1. The van der Waals surface area contributed by atoms with Crippen LogP contribution in [-0.2, 0) is 11.2 Å². The van der Waals surface area contributed by atoms with E-state index in [9.17, 15) is 4.79 Å². The Morgan fingerprint density at radius 2 is 2.09 bits per heavy atom. The molecule has 162 valence electrons. The molecule has 1 atom stereocenters. The number of hydrogen-bond acceptors (Lipinski definition) is 8. The number of rotatable bonds is 5. The molecule has 4 heterocycles. The van der Waals surface area contributed by atoms with E-state index in [2.05, 4.69) is 20.5 Å². The highest BCUT2D eigenvalue weighted by molar-refractivity contribution is 7.15. The summed E-state index contributed by atoms with van der Waals surface area (Å²) < 4.78 is 5.97. The van der Waals surface area contributed by atoms with E-state index in [4.69, 9.17) is 9.72 Å². The van der Waals surface area contributed by atoms with Gasteiger partial charge in [-0.15, -0.1) is 10.2 Å². The van der Waals surface area contributed by atoms with E-state index in [0.717, 1.165) is 28.0 Å². The Balaban J connectivity index is 1.34. The number of amides is 1. The normalized spacial score (nSPS) is 16.3. The first-order valence-corrected chi connectivity index (χ1v) is 11.3. The second-order valence-electron chi connectivity index (χ2n) is 7.41. The van der Waals surface area contributed by atoms with Gasteiger partial charge < -0.3 is 15.0 Å². The van der Waals surface area contributed by atoms with Crippen LogP contribution in [0.4, 0.5) is 10.9 Å². The fourth-order valence-corrected chi connectivity index (χ4v) is 4.42. The standard InChI is InChI=1S/C23H22N6O2S/c1-2-21-27-28-23(32-21)26-20-10-4-9-18(25-20)19-14-29(12-13-31-19)22(30)16-6-3-8-17-15(16)7-5-11-24-17/h3-11,19H,2,12-14H2,1H3,(H,25,26,28)/t19-/m0/s1. The zero-order valence-corrected chi connectivity index (χ0v) is 18.4. The van der Waals surface area contributed by atoms with Gasteiger partial charge in [-0.2, -0.15) is 0 Å². The second kappa shape index (κ2) is 8.97. The monoisotopic (exact) mass is 446 g/mol. The highest BCUT2D eigenvalue weighted by atomic mass is 32.1. The average Bonchev–Trinajstić information content (AvgIpc) is 3.31. The highest BCUT2D eigenvalue weighted by Gasteiger charge is 2.28. The molecule has 9 heteroatoms. The van der Waals surface area contributed by atoms with Crippen LogP contribution in [0.3, 0.4) is 0 Å². The van der Waals surface area contributed by atoms with Crippen LogP contribution in [0.5, 0.6) is 0 Å². The van der Waals surface area contributed by atoms with Crippen molar-refractivity contribution in [2.75, 3.05) is 25.0 Å². The number of aromatic nitrogens is 4. The van der Waals surface area contributed by atoms with Crippen LogP contribution in [-0.4, -0.2) is 50.7 Å². The van der Waals surface area contributed by atoms with Gasteiger partial charge in [0.05, 0.1) is 24.4 Å². The second-order valence-corrected chi connectivity index (χ2v) is 8.48. The van der Waals surface area contributed by atoms with Gasteiger partial charge in [0.25, 0.3) is 5.91 Å². The summed E-state index contributed by atoms with van der Waals surface area (Å²) in [5.74, 6) is 0.653. The lowest BCUT2D eigenvalue weighted by atomic mass is 10.1. The van der Waals surface area contributed by atoms with Crippen molar-refractivity contribution in [2.45, 2.75) is 19.4 Å². The van der Waals surface area contributed by atoms with Crippen molar-refractivity contribution in [1.82, 2.24) is 25.1 Å². The summed E-state index contributed by atoms with van der Waals surface area (Å²) in [5, 5.41) is 14.0. The summed E-state index contributed by atoms with van der Waals surface area (Å²) in [6, 6.07) is 15.1. The van der Waals surface area contributed by atoms with Gasteiger partial charge in [-0.25, -0.2) is 4.98 Å². The first-order chi connectivity index (χ1) is 15.7. The van der Waals surface area contributed by atoms with Crippen molar-refractivity contribution in [3.8, 4) is 0 Å². The summed E-state index contributed by atoms with van der Waals surface area (Å²) in [5.41, 5.74) is 2.24. The molecular weight excluding hydrogens is 424 g/mol. The summed E-state index contributed by atoms with van der Waals surface area (Å²) in [6.07, 6.45) is 2.28. The molecular formula is C23H22N6O2S. The molecule has 1 aliphatic heterocycles. The van der Waals surface area contributed by atoms with Crippen LogP contribution in [0, 0.1) is 0 Å². The Bertz CT molecular complexity index is 1250. The molecule has 3 aromatic heterocycles. The molecule has 1 aliphatic rings. The van der Waals surface area contributed by atoms with Gasteiger partial charge >= 0.3 is 0 Å². The molecule has 0 aliphatic carbocycles. The van der Waals surface area contributed by atoms with Crippen molar-refractivity contribution in [1.29, 1.82) is 0 Å². The van der Waals surface area contributed by atoms with E-state index in [1.54, 1.807) is 6.20 Å². The number of carbonyl (C=O) groups excluding carboxylic acids is 1. The maximum Gasteiger partial charge on any atom is 0.254 e. The Kier molecular flexibility index (Phi) is 5.74. The molecule has 0 spiro atoms. The molecule has 0 saturated carbocycles. The quantitative estimate of drug-likeness (QED) is 0.495. The fraction of sp³-hybridized carbons (Fsp3) is 0.261. The van der Waals surface area contributed by atoms with Crippen molar-refractivity contribution in [2.24, 2.45) is 0 Å². The molecule has 8 nitrogen and oxygen atoms in total. The van der Waals surface area contributed by atoms with Gasteiger partial charge in [-0.05, 0) is 36.8 Å². The number of anilines is 2. The SMILES string of the molecule is CCc1nnc(Nc2cccc([C@@H]3CN(C(=O)c4cccc5ncccc45)CCO3)n2)s1. The van der Waals surface area contributed by atoms with E-state index >= 15 is 0 Å². The number of carbonyl (C=O) groups is 1. The van der Waals surface area contributed by atoms with E-state index in [1.165, 1.54) is 11.3 Å². The van der Waals surface area contributed by atoms with Crippen molar-refractivity contribution >= 4 is 39.1 Å². The summed E-state index contributed by atoms with van der Waals surface area (Å²) in [6.45, 7) is 3.47. The molecule has 0 unspecified atom stereocenters. The molecule has 1 aromatic carbocycles. The van der Waals surface area contributed by atoms with Gasteiger partial charge in [0, 0.05) is 23.7 Å². The van der Waals surface area contributed by atoms with Crippen LogP contribution in [0.25, 0.3) is 10.9 Å². The lowest BCUT2D eigenvalue weighted by molar-refractivity contribution is -0.0246. The number of benzene rings is 1. The molecule has 4 aromatic rings. The maximum absolute atomic E-state index is 13.3. The molecule has 1 fully saturated rings. The van der Waals surface area contributed by atoms with Gasteiger partial charge in [0.2, 0.25) is 5.13 Å². The lowest BCUT2D eigenvalue weighted by Crippen LogP contribution is -2.42. The topological polar surface area (TPSA) is 93.1 Å². The summed E-state index contributed by atoms with van der Waals surface area (Å²) in [4.78, 5) is 24.2. The Hall–Kier alpha value is -3.43. The van der Waals surface area contributed by atoms with Gasteiger partial charge in [0.1, 0.15) is 16.9 Å². The molecule has 0 radical (unpaired) electrons. The lowest BCUT2D eigenvalue weighted by Gasteiger charge is -2.33. The van der Waals surface area contributed by atoms with Crippen LogP contribution < -0.4 is 5.32 Å². The van der Waals surface area contributed by atoms with Crippen molar-refractivity contribution in [3.05, 3.63) is 71.0 Å². The Morgan fingerprint density at radius 1 is 1.19 bits per heavy atom. The van der Waals surface area contributed by atoms with E-state index in [0.29, 0.717) is 36.2 Å². The van der Waals surface area contributed by atoms with Gasteiger partial charge in [-0.1, -0.05) is 36.5 Å². The van der Waals surface area contributed by atoms with E-state index in [-0.39, 0.29) is 12.0 Å². The van der Waals surface area contributed by atoms with Gasteiger partial charge in [0.15, 0.2) is 0 Å². The molecule has 32 heavy (non-hydrogen) atoms. The van der Waals surface area contributed by atoms with E-state index in [1.807, 2.05) is 60.4 Å². The van der Waals surface area contributed by atoms with Crippen LogP contribution in [0.1, 0.15) is 34.1 Å². The van der Waals surface area contributed by atoms with Crippen LogP contribution in [0.2, 0.25) is 0 Å². The Morgan fingerprint density at radius 3 is 2.97 bits per heavy atom. The predicted molar refractivity (Wildman–Crippen MR) is 123 cm³/mol. The van der Waals surface area contributed by atoms with E-state index < -0.39 is 0 Å². The van der Waals surface area contributed by atoms with Crippen LogP contribution >= 0.6 is 11.3 Å². The zero-order chi connectivity index (χ0) is 21.9. The molecule has 1 N–H and O–H groups in total. The predicted octanol–water partition coefficient (Wildman–Crippen LogP) is 4.00. The maximum atomic E-state index is 13.3. The minimum atomic E-state index is -0.303. The smallest absolute Gasteiger partial charge is 0.254 e. The fourth-order valence-electron chi connectivity index (χ4n) is 3.73. The number of fused-ring (bicyclic) bond motifs is 1. The molecule has 1 saturated heterocycles. The third-order valence-electron chi connectivity index (χ3n) is 5.33. The van der Waals surface area contributed by atoms with Crippen molar-refractivity contribution in [3.63, 3.8) is 0 Å².